The summed E-state index contributed by atoms with van der Waals surface area (Å²) in [6.45, 7) is 0. The first-order valence-electron chi connectivity index (χ1n) is 10.9. The first-order valence-corrected chi connectivity index (χ1v) is 15.3. The van der Waals surface area contributed by atoms with Crippen LogP contribution < -0.4 is 21.1 Å². The van der Waals surface area contributed by atoms with Gasteiger partial charge in [0.25, 0.3) is 16.1 Å². The Hall–Kier alpha value is -3.55. The second-order valence-corrected chi connectivity index (χ2v) is 12.5. The predicted octanol–water partition coefficient (Wildman–Crippen LogP) is 4.89. The second kappa shape index (κ2) is 9.75. The van der Waals surface area contributed by atoms with Gasteiger partial charge in [0.15, 0.2) is 32.6 Å². The topological polar surface area (TPSA) is 233 Å². The molecule has 0 unspecified atom stereocenters. The van der Waals surface area contributed by atoms with E-state index in [9.17, 15) is 25.9 Å². The standard InChI is InChI=1S/C21H9Cl4N7O8S2/c22-9-12-16(10(23)11-15(9)39-13-6(27-11)2-1-5(26)17(13)41(33,34)35)40-14-7(28-12)3-4-8(18(14)42(36,37)38)29-21-31-19(24)30-20(25)32-21/h1-4,27H,26H2,(H,33,34,35)(H,36,37,38)/b29-8+. The molecule has 0 saturated heterocycles. The minimum atomic E-state index is -5.05. The van der Waals surface area contributed by atoms with E-state index >= 15 is 0 Å². The molecule has 2 aliphatic heterocycles. The van der Waals surface area contributed by atoms with E-state index in [0.717, 1.165) is 6.07 Å². The molecule has 0 spiro atoms. The lowest BCUT2D eigenvalue weighted by Crippen LogP contribution is -2.18. The van der Waals surface area contributed by atoms with Crippen LogP contribution in [-0.2, 0) is 20.2 Å². The van der Waals surface area contributed by atoms with Crippen molar-refractivity contribution in [1.29, 1.82) is 0 Å². The van der Waals surface area contributed by atoms with Gasteiger partial charge in [0, 0.05) is 0 Å². The van der Waals surface area contributed by atoms with E-state index in [1.807, 2.05) is 0 Å². The summed E-state index contributed by atoms with van der Waals surface area (Å²) in [6.07, 6.45) is 0. The van der Waals surface area contributed by atoms with Crippen LogP contribution in [0.2, 0.25) is 20.6 Å². The Morgan fingerprint density at radius 3 is 2.14 bits per heavy atom. The molecule has 2 aromatic carbocycles. The van der Waals surface area contributed by atoms with Crippen LogP contribution in [0.4, 0.5) is 23.0 Å². The molecule has 3 aliphatic rings. The average molecular weight is 693 g/mol. The van der Waals surface area contributed by atoms with Gasteiger partial charge in [0.05, 0.1) is 16.7 Å². The summed E-state index contributed by atoms with van der Waals surface area (Å²) < 4.78 is 80.5. The minimum Gasteiger partial charge on any atom is -0.450 e. The number of hydrogen-bond donors (Lipinski definition) is 4. The van der Waals surface area contributed by atoms with Gasteiger partial charge in [-0.3, -0.25) is 9.11 Å². The van der Waals surface area contributed by atoms with Crippen molar-refractivity contribution in [2.75, 3.05) is 11.1 Å². The fourth-order valence-electron chi connectivity index (χ4n) is 4.08. The zero-order valence-corrected chi connectivity index (χ0v) is 24.5. The number of halogens is 4. The maximum absolute atomic E-state index is 12.5. The quantitative estimate of drug-likeness (QED) is 0.110. The van der Waals surface area contributed by atoms with E-state index in [4.69, 9.17) is 61.3 Å². The Kier molecular flexibility index (Phi) is 6.63. The van der Waals surface area contributed by atoms with Gasteiger partial charge in [-0.05, 0) is 47.5 Å². The van der Waals surface area contributed by atoms with Gasteiger partial charge >= 0.3 is 10.1 Å². The molecule has 5 N–H and O–H groups in total. The molecule has 0 saturated carbocycles. The molecule has 0 radical (unpaired) electrons. The Morgan fingerprint density at radius 1 is 0.833 bits per heavy atom. The van der Waals surface area contributed by atoms with Crippen LogP contribution >= 0.6 is 46.4 Å². The maximum Gasteiger partial charge on any atom is 0.300 e. The van der Waals surface area contributed by atoms with Gasteiger partial charge < -0.3 is 20.2 Å². The van der Waals surface area contributed by atoms with E-state index in [2.05, 4.69) is 30.2 Å². The van der Waals surface area contributed by atoms with Crippen molar-refractivity contribution in [3.63, 3.8) is 0 Å². The summed E-state index contributed by atoms with van der Waals surface area (Å²) in [5.74, 6) is -1.42. The van der Waals surface area contributed by atoms with Crippen molar-refractivity contribution in [1.82, 2.24) is 19.9 Å². The van der Waals surface area contributed by atoms with Crippen LogP contribution in [0.1, 0.15) is 0 Å². The van der Waals surface area contributed by atoms with Crippen molar-refractivity contribution in [2.24, 2.45) is 4.99 Å². The summed E-state index contributed by atoms with van der Waals surface area (Å²) >= 11 is 24.7. The van der Waals surface area contributed by atoms with Crippen molar-refractivity contribution < 1.29 is 35.1 Å². The van der Waals surface area contributed by atoms with Crippen molar-refractivity contribution in [2.45, 2.75) is 9.79 Å². The molecule has 42 heavy (non-hydrogen) atoms. The predicted molar refractivity (Wildman–Crippen MR) is 150 cm³/mol. The Bertz CT molecular complexity index is 2260. The third-order valence-electron chi connectivity index (χ3n) is 5.69. The normalized spacial score (nSPS) is 13.5. The van der Waals surface area contributed by atoms with Gasteiger partial charge in [0.2, 0.25) is 10.6 Å². The summed E-state index contributed by atoms with van der Waals surface area (Å²) in [7, 11) is -9.88. The van der Waals surface area contributed by atoms with E-state index < -0.39 is 35.8 Å². The van der Waals surface area contributed by atoms with Crippen LogP contribution in [0.15, 0.2) is 43.5 Å². The molecular formula is C21H9Cl4N7O8S2. The lowest BCUT2D eigenvalue weighted by atomic mass is 10.1. The zero-order chi connectivity index (χ0) is 30.3. The molecular weight excluding hydrogens is 684 g/mol. The first kappa shape index (κ1) is 28.6. The summed E-state index contributed by atoms with van der Waals surface area (Å²) in [5.41, 5.74) is 4.93. The number of nitrogens with one attached hydrogen (secondary N) is 1. The first-order chi connectivity index (χ1) is 19.6. The molecule has 0 amide bonds. The fourth-order valence-corrected chi connectivity index (χ4v) is 6.46. The van der Waals surface area contributed by atoms with E-state index in [-0.39, 0.29) is 77.3 Å². The van der Waals surface area contributed by atoms with Gasteiger partial charge in [-0.15, -0.1) is 0 Å². The van der Waals surface area contributed by atoms with Crippen LogP contribution in [0.5, 0.6) is 11.5 Å². The lowest BCUT2D eigenvalue weighted by molar-refractivity contribution is 0.450. The average Bonchev–Trinajstić information content (AvgIpc) is 2.88. The van der Waals surface area contributed by atoms with Crippen molar-refractivity contribution in [3.8, 4) is 23.0 Å². The number of ether oxygens (including phenoxy) is 1. The Morgan fingerprint density at radius 2 is 1.50 bits per heavy atom. The van der Waals surface area contributed by atoms with Gasteiger partial charge in [0.1, 0.15) is 26.9 Å². The molecule has 6 rings (SSSR count). The number of hydrogen-bond acceptors (Lipinski definition) is 13. The highest BCUT2D eigenvalue weighted by molar-refractivity contribution is 7.86. The van der Waals surface area contributed by atoms with Crippen LogP contribution in [0, 0.1) is 0 Å². The molecule has 21 heteroatoms. The molecule has 1 aromatic heterocycles. The summed E-state index contributed by atoms with van der Waals surface area (Å²) in [5, 5.41) is 1.34. The largest absolute Gasteiger partial charge is 0.450 e. The molecule has 15 nitrogen and oxygen atoms in total. The molecule has 216 valence electrons. The molecule has 3 heterocycles. The van der Waals surface area contributed by atoms with Gasteiger partial charge in [-0.25, -0.2) is 9.98 Å². The molecule has 0 bridgehead atoms. The van der Waals surface area contributed by atoms with Crippen LogP contribution in [0.25, 0.3) is 22.6 Å². The minimum absolute atomic E-state index is 0.0265. The number of nitrogen functional groups attached to an aromatic ring is 1. The third kappa shape index (κ3) is 4.73. The monoisotopic (exact) mass is 691 g/mol. The van der Waals surface area contributed by atoms with Gasteiger partial charge in [-0.2, -0.15) is 31.8 Å². The summed E-state index contributed by atoms with van der Waals surface area (Å²) in [6, 6.07) is 5.01. The number of rotatable bonds is 3. The Labute approximate surface area is 253 Å². The molecule has 3 aromatic rings. The highest BCUT2D eigenvalue weighted by Gasteiger charge is 2.34. The Balaban J connectivity index is 1.64. The van der Waals surface area contributed by atoms with Crippen LogP contribution in [0.3, 0.4) is 0 Å². The van der Waals surface area contributed by atoms with E-state index in [1.165, 1.54) is 18.2 Å². The number of anilines is 3. The number of nitrogens with zero attached hydrogens (tertiary/aromatic N) is 5. The maximum atomic E-state index is 12.5. The van der Waals surface area contributed by atoms with Gasteiger partial charge in [-0.1, -0.05) is 23.2 Å². The molecule has 0 atom stereocenters. The molecule has 1 aliphatic carbocycles. The zero-order valence-electron chi connectivity index (χ0n) is 19.8. The third-order valence-corrected chi connectivity index (χ3v) is 8.58. The number of aromatic nitrogens is 4. The number of benzene rings is 3. The number of nitrogens with two attached hydrogens (primary N) is 1. The van der Waals surface area contributed by atoms with E-state index in [1.54, 1.807) is 0 Å². The van der Waals surface area contributed by atoms with E-state index in [0.29, 0.717) is 0 Å². The fraction of sp³-hybridized carbons (Fsp3) is 0. The van der Waals surface area contributed by atoms with Crippen molar-refractivity contribution >= 4 is 101 Å². The lowest BCUT2D eigenvalue weighted by Gasteiger charge is -2.26. The van der Waals surface area contributed by atoms with Crippen molar-refractivity contribution in [3.05, 3.63) is 50.2 Å². The molecule has 0 fully saturated rings. The van der Waals surface area contributed by atoms with Crippen LogP contribution in [-0.4, -0.2) is 45.9 Å². The highest BCUT2D eigenvalue weighted by atomic mass is 35.5. The smallest absolute Gasteiger partial charge is 0.300 e. The summed E-state index contributed by atoms with van der Waals surface area (Å²) in [4.78, 5) is 17.9. The number of fused-ring (bicyclic) bond motifs is 4. The second-order valence-electron chi connectivity index (χ2n) is 8.31. The highest BCUT2D eigenvalue weighted by Crippen LogP contribution is 2.55. The SMILES string of the molecule is Nc1ccc2c(c1S(=O)(=O)O)Oc1c(c(Cl)c3oc4c(S(=O)(=O)O)/c(=N/c5nc(Cl)nc(Cl)n5)ccc-4nc3c1Cl)N2.